The van der Waals surface area contributed by atoms with Crippen LogP contribution in [0.5, 0.6) is 23.0 Å². The van der Waals surface area contributed by atoms with Crippen molar-refractivity contribution >= 4 is 29.9 Å². The Labute approximate surface area is 214 Å². The highest BCUT2D eigenvalue weighted by molar-refractivity contribution is 6.02. The molecule has 0 aliphatic carbocycles. The summed E-state index contributed by atoms with van der Waals surface area (Å²) in [6, 6.07) is 7.92. The third-order valence-electron chi connectivity index (χ3n) is 4.72. The molecule has 2 aromatic carbocycles. The lowest BCUT2D eigenvalue weighted by Gasteiger charge is -2.11. The number of ketones is 1. The van der Waals surface area contributed by atoms with Crippen LogP contribution in [0.4, 0.5) is 0 Å². The molecule has 196 valence electrons. The molecule has 0 radical (unpaired) electrons. The lowest BCUT2D eigenvalue weighted by Crippen LogP contribution is -2.30. The van der Waals surface area contributed by atoms with Gasteiger partial charge < -0.3 is 35.5 Å². The smallest absolute Gasteiger partial charge is 0.328 e. The molecule has 2 aromatic rings. The van der Waals surface area contributed by atoms with Crippen LogP contribution in [0.1, 0.15) is 25.0 Å². The predicted octanol–water partition coefficient (Wildman–Crippen LogP) is 2.95. The van der Waals surface area contributed by atoms with Gasteiger partial charge in [-0.05, 0) is 61.4 Å². The minimum Gasteiger partial charge on any atom is -0.508 e. The summed E-state index contributed by atoms with van der Waals surface area (Å²) in [6.07, 6.45) is 6.70. The summed E-state index contributed by atoms with van der Waals surface area (Å²) in [5.41, 5.74) is 12.2. The van der Waals surface area contributed by atoms with Crippen LogP contribution in [0.15, 0.2) is 60.4 Å². The van der Waals surface area contributed by atoms with Crippen LogP contribution < -0.4 is 30.4 Å². The first-order valence-electron chi connectivity index (χ1n) is 11.2. The Morgan fingerprint density at radius 1 is 0.757 bits per heavy atom. The normalized spacial score (nSPS) is 13.3. The highest BCUT2D eigenvalue weighted by Crippen LogP contribution is 2.30. The Bertz CT molecular complexity index is 1230. The van der Waals surface area contributed by atoms with E-state index in [1.54, 1.807) is 30.3 Å². The van der Waals surface area contributed by atoms with Crippen molar-refractivity contribution in [3.63, 3.8) is 0 Å². The van der Waals surface area contributed by atoms with Gasteiger partial charge in [0.1, 0.15) is 17.8 Å². The van der Waals surface area contributed by atoms with E-state index in [0.29, 0.717) is 22.6 Å². The van der Waals surface area contributed by atoms with Crippen molar-refractivity contribution in [2.45, 2.75) is 25.9 Å². The monoisotopic (exact) mass is 510 g/mol. The number of carbonyl (C=O) groups excluding carboxylic acids is 3. The average Bonchev–Trinajstić information content (AvgIpc) is 2.87. The standard InChI is InChI=1S/C27H30N2O8/c1-16(28)26(32)36-22-11-7-18(13-24(22)34-3)5-9-20(30)15-21(31)10-6-19-8-12-23(25(14-19)35-4)37-27(33)17(2)29/h5-17,30H,28-29H2,1-4H3/b9-5+,10-6+,20-15-. The van der Waals surface area contributed by atoms with Crippen LogP contribution >= 0.6 is 0 Å². The van der Waals surface area contributed by atoms with Gasteiger partial charge in [0.25, 0.3) is 0 Å². The number of aliphatic hydroxyl groups excluding tert-OH is 1. The summed E-state index contributed by atoms with van der Waals surface area (Å²) < 4.78 is 20.8. The molecule has 2 rings (SSSR count). The Morgan fingerprint density at radius 3 is 1.59 bits per heavy atom. The number of hydrogen-bond donors (Lipinski definition) is 3. The molecule has 5 N–H and O–H groups in total. The van der Waals surface area contributed by atoms with Crippen LogP contribution in [-0.4, -0.2) is 49.1 Å². The van der Waals surface area contributed by atoms with Crippen LogP contribution in [0.3, 0.4) is 0 Å². The van der Waals surface area contributed by atoms with Crippen molar-refractivity contribution in [2.75, 3.05) is 14.2 Å². The highest BCUT2D eigenvalue weighted by atomic mass is 16.6. The molecule has 0 aromatic heterocycles. The van der Waals surface area contributed by atoms with Crippen LogP contribution in [0.25, 0.3) is 12.2 Å². The van der Waals surface area contributed by atoms with E-state index in [-0.39, 0.29) is 17.3 Å². The fourth-order valence-electron chi connectivity index (χ4n) is 2.75. The van der Waals surface area contributed by atoms with Gasteiger partial charge in [0.2, 0.25) is 0 Å². The summed E-state index contributed by atoms with van der Waals surface area (Å²) in [5.74, 6) is -0.962. The van der Waals surface area contributed by atoms with E-state index >= 15 is 0 Å². The van der Waals surface area contributed by atoms with Gasteiger partial charge in [0.15, 0.2) is 28.8 Å². The molecular formula is C27H30N2O8. The molecule has 2 unspecified atom stereocenters. The Kier molecular flexibility index (Phi) is 10.6. The minimum absolute atomic E-state index is 0.202. The number of allylic oxidation sites excluding steroid dienone is 3. The number of ether oxygens (including phenoxy) is 4. The van der Waals surface area contributed by atoms with E-state index in [4.69, 9.17) is 30.4 Å². The molecule has 2 atom stereocenters. The zero-order valence-electron chi connectivity index (χ0n) is 21.0. The lowest BCUT2D eigenvalue weighted by molar-refractivity contribution is -0.136. The van der Waals surface area contributed by atoms with Crippen LogP contribution in [0, 0.1) is 0 Å². The van der Waals surface area contributed by atoms with Gasteiger partial charge in [0, 0.05) is 6.08 Å². The van der Waals surface area contributed by atoms with Gasteiger partial charge in [-0.25, -0.2) is 9.59 Å². The van der Waals surface area contributed by atoms with E-state index in [9.17, 15) is 19.5 Å². The number of hydrogen-bond acceptors (Lipinski definition) is 10. The van der Waals surface area contributed by atoms with Crippen molar-refractivity contribution in [3.8, 4) is 23.0 Å². The number of esters is 2. The maximum atomic E-state index is 12.2. The molecule has 0 fully saturated rings. The van der Waals surface area contributed by atoms with E-state index in [1.165, 1.54) is 58.4 Å². The molecule has 0 heterocycles. The van der Waals surface area contributed by atoms with Crippen molar-refractivity contribution < 1.29 is 38.4 Å². The van der Waals surface area contributed by atoms with Crippen molar-refractivity contribution in [1.82, 2.24) is 0 Å². The largest absolute Gasteiger partial charge is 0.508 e. The number of rotatable bonds is 11. The molecule has 0 saturated carbocycles. The van der Waals surface area contributed by atoms with Gasteiger partial charge in [0.05, 0.1) is 14.2 Å². The topological polar surface area (TPSA) is 160 Å². The molecule has 0 saturated heterocycles. The number of nitrogens with two attached hydrogens (primary N) is 2. The second kappa shape index (κ2) is 13.6. The van der Waals surface area contributed by atoms with Gasteiger partial charge in [-0.2, -0.15) is 0 Å². The predicted molar refractivity (Wildman–Crippen MR) is 138 cm³/mol. The molecule has 37 heavy (non-hydrogen) atoms. The second-order valence-corrected chi connectivity index (χ2v) is 7.88. The summed E-state index contributed by atoms with van der Waals surface area (Å²) in [7, 11) is 2.84. The summed E-state index contributed by atoms with van der Waals surface area (Å²) >= 11 is 0. The maximum absolute atomic E-state index is 12.2. The van der Waals surface area contributed by atoms with Crippen molar-refractivity contribution in [1.29, 1.82) is 0 Å². The molecule has 10 nitrogen and oxygen atoms in total. The third kappa shape index (κ3) is 8.95. The maximum Gasteiger partial charge on any atom is 0.328 e. The highest BCUT2D eigenvalue weighted by Gasteiger charge is 2.15. The van der Waals surface area contributed by atoms with Gasteiger partial charge >= 0.3 is 11.9 Å². The first-order chi connectivity index (χ1) is 17.5. The van der Waals surface area contributed by atoms with Gasteiger partial charge in [-0.1, -0.05) is 24.3 Å². The second-order valence-electron chi connectivity index (χ2n) is 7.88. The zero-order valence-corrected chi connectivity index (χ0v) is 21.0. The van der Waals surface area contributed by atoms with E-state index in [1.807, 2.05) is 0 Å². The number of aliphatic hydroxyl groups is 1. The average molecular weight is 511 g/mol. The summed E-state index contributed by atoms with van der Waals surface area (Å²) in [6.45, 7) is 3.01. The van der Waals surface area contributed by atoms with Crippen LogP contribution in [0.2, 0.25) is 0 Å². The lowest BCUT2D eigenvalue weighted by atomic mass is 10.1. The number of carbonyl (C=O) groups is 3. The fraction of sp³-hybridized carbons (Fsp3) is 0.222. The van der Waals surface area contributed by atoms with Crippen molar-refractivity contribution in [3.05, 3.63) is 71.5 Å². The van der Waals surface area contributed by atoms with Crippen LogP contribution in [-0.2, 0) is 14.4 Å². The van der Waals surface area contributed by atoms with E-state index < -0.39 is 29.8 Å². The molecule has 0 spiro atoms. The Balaban J connectivity index is 2.08. The first-order valence-corrected chi connectivity index (χ1v) is 11.2. The number of benzene rings is 2. The Hall–Kier alpha value is -4.41. The molecular weight excluding hydrogens is 480 g/mol. The minimum atomic E-state index is -0.790. The molecule has 0 bridgehead atoms. The van der Waals surface area contributed by atoms with E-state index in [2.05, 4.69) is 0 Å². The van der Waals surface area contributed by atoms with Gasteiger partial charge in [-0.15, -0.1) is 0 Å². The summed E-state index contributed by atoms with van der Waals surface area (Å²) in [5, 5.41) is 10.1. The fourth-order valence-corrected chi connectivity index (χ4v) is 2.75. The number of methoxy groups -OCH3 is 2. The first kappa shape index (κ1) is 28.8. The van der Waals surface area contributed by atoms with Gasteiger partial charge in [-0.3, -0.25) is 4.79 Å². The Morgan fingerprint density at radius 2 is 1.19 bits per heavy atom. The summed E-state index contributed by atoms with van der Waals surface area (Å²) in [4.78, 5) is 35.7. The molecule has 0 aliphatic heterocycles. The SMILES string of the molecule is COc1cc(/C=C/C(=O)/C=C(O)/C=C/c2ccc(OC(=O)C(C)N)c(OC)c2)ccc1OC(=O)C(C)N. The van der Waals surface area contributed by atoms with E-state index in [0.717, 1.165) is 6.08 Å². The molecule has 0 aliphatic rings. The molecule has 0 amide bonds. The third-order valence-corrected chi connectivity index (χ3v) is 4.72. The quantitative estimate of drug-likeness (QED) is 0.135. The van der Waals surface area contributed by atoms with Crippen molar-refractivity contribution in [2.24, 2.45) is 11.5 Å². The molecule has 10 heteroatoms. The zero-order chi connectivity index (χ0) is 27.5.